The van der Waals surface area contributed by atoms with Crippen LogP contribution in [0.15, 0.2) is 0 Å². The predicted octanol–water partition coefficient (Wildman–Crippen LogP) is 4.81. The Balaban J connectivity index is 5.96. The molecule has 0 radical (unpaired) electrons. The highest BCUT2D eigenvalue weighted by atomic mass is 35.6. The summed E-state index contributed by atoms with van der Waals surface area (Å²) in [5.41, 5.74) is 0. The van der Waals surface area contributed by atoms with E-state index in [2.05, 4.69) is 4.18 Å². The first-order chi connectivity index (χ1) is 7.56. The smallest absolute Gasteiger partial charge is 0.271 e. The van der Waals surface area contributed by atoms with Gasteiger partial charge >= 0.3 is 10.1 Å². The van der Waals surface area contributed by atoms with Gasteiger partial charge in [-0.2, -0.15) is 8.42 Å². The van der Waals surface area contributed by atoms with E-state index in [0.717, 1.165) is 7.11 Å². The fourth-order valence-electron chi connectivity index (χ4n) is 0.622. The molecular weight excluding hydrogens is 459 g/mol. The molecule has 18 heavy (non-hydrogen) atoms. The van der Waals surface area contributed by atoms with Gasteiger partial charge in [-0.1, -0.05) is 104 Å². The molecule has 0 aromatic carbocycles. The van der Waals surface area contributed by atoms with Gasteiger partial charge in [0.05, 0.1) is 7.11 Å². The van der Waals surface area contributed by atoms with Crippen molar-refractivity contribution in [2.75, 3.05) is 7.11 Å². The van der Waals surface area contributed by atoms with Crippen LogP contribution >= 0.6 is 104 Å². The van der Waals surface area contributed by atoms with Crippen molar-refractivity contribution in [3.63, 3.8) is 0 Å². The van der Waals surface area contributed by atoms with Crippen LogP contribution in [0.25, 0.3) is 0 Å². The van der Waals surface area contributed by atoms with Crippen molar-refractivity contribution in [3.8, 4) is 0 Å². The van der Waals surface area contributed by atoms with Gasteiger partial charge in [-0.3, -0.25) is 4.18 Å². The quantitative estimate of drug-likeness (QED) is 0.445. The van der Waals surface area contributed by atoms with Crippen LogP contribution in [0.5, 0.6) is 0 Å². The number of hydrogen-bond donors (Lipinski definition) is 0. The molecule has 0 aromatic rings. The summed E-state index contributed by atoms with van der Waals surface area (Å²) in [4.78, 5) is 0. The van der Waals surface area contributed by atoms with E-state index in [4.69, 9.17) is 104 Å². The van der Waals surface area contributed by atoms with Gasteiger partial charge in [0.1, 0.15) is 0 Å². The lowest BCUT2D eigenvalue weighted by atomic mass is 10.3. The van der Waals surface area contributed by atoms with Gasteiger partial charge in [0, 0.05) is 0 Å². The Hall–Kier alpha value is 2.52. The number of alkyl halides is 9. The van der Waals surface area contributed by atoms with E-state index in [0.29, 0.717) is 0 Å². The zero-order chi connectivity index (χ0) is 15.2. The molecule has 0 aromatic heterocycles. The Morgan fingerprint density at radius 3 is 1.33 bits per heavy atom. The molecule has 0 spiro atoms. The zero-order valence-corrected chi connectivity index (χ0v) is 15.7. The van der Waals surface area contributed by atoms with E-state index in [1.54, 1.807) is 0 Å². The molecule has 0 bridgehead atoms. The lowest BCUT2D eigenvalue weighted by Crippen LogP contribution is -2.59. The average Bonchev–Trinajstić information content (AvgIpc) is 2.15. The second-order valence-electron chi connectivity index (χ2n) is 2.78. The Kier molecular flexibility index (Phi) is 6.79. The Morgan fingerprint density at radius 1 is 0.778 bits per heavy atom. The van der Waals surface area contributed by atoms with Crippen LogP contribution in [0.4, 0.5) is 0 Å². The zero-order valence-electron chi connectivity index (χ0n) is 8.03. The van der Waals surface area contributed by atoms with Crippen molar-refractivity contribution < 1.29 is 12.6 Å². The molecule has 0 aliphatic heterocycles. The molecule has 0 amide bonds. The fourth-order valence-corrected chi connectivity index (χ4v) is 4.12. The monoisotopic (exact) mass is 458 g/mol. The normalized spacial score (nSPS) is 15.9. The SMILES string of the molecule is COS(=O)(=O)C(Cl)(Cl)C(Cl)(Cl)C(Cl)(Cl)C(Cl)(Cl)Cl. The summed E-state index contributed by atoms with van der Waals surface area (Å²) in [6.45, 7) is 0. The maximum absolute atomic E-state index is 11.5. The van der Waals surface area contributed by atoms with Crippen LogP contribution in [0.3, 0.4) is 0 Å². The van der Waals surface area contributed by atoms with E-state index >= 15 is 0 Å². The topological polar surface area (TPSA) is 43.4 Å². The molecule has 110 valence electrons. The minimum atomic E-state index is -4.68. The average molecular weight is 462 g/mol. The first-order valence-corrected chi connectivity index (χ1v) is 8.37. The molecule has 13 heteroatoms. The van der Waals surface area contributed by atoms with Crippen molar-refractivity contribution in [3.05, 3.63) is 0 Å². The van der Waals surface area contributed by atoms with Crippen molar-refractivity contribution in [1.29, 1.82) is 0 Å². The largest absolute Gasteiger partial charge is 0.304 e. The molecule has 0 unspecified atom stereocenters. The summed E-state index contributed by atoms with van der Waals surface area (Å²) >= 11 is 50.2. The van der Waals surface area contributed by atoms with Gasteiger partial charge < -0.3 is 0 Å². The number of hydrogen-bond acceptors (Lipinski definition) is 3. The minimum absolute atomic E-state index is 0.762. The molecule has 0 fully saturated rings. The molecular formula is C5H3Cl9O3S. The van der Waals surface area contributed by atoms with Crippen molar-refractivity contribution in [1.82, 2.24) is 0 Å². The Labute approximate surface area is 149 Å². The van der Waals surface area contributed by atoms with Crippen molar-refractivity contribution in [2.24, 2.45) is 0 Å². The second-order valence-corrected chi connectivity index (χ2v) is 11.3. The highest BCUT2D eigenvalue weighted by Gasteiger charge is 2.72. The van der Waals surface area contributed by atoms with E-state index in [9.17, 15) is 8.42 Å². The first-order valence-electron chi connectivity index (χ1n) is 3.56. The Bertz CT molecular complexity index is 408. The third-order valence-corrected chi connectivity index (χ3v) is 9.42. The van der Waals surface area contributed by atoms with E-state index in [1.807, 2.05) is 0 Å². The lowest BCUT2D eigenvalue weighted by Gasteiger charge is -2.42. The van der Waals surface area contributed by atoms with Crippen LogP contribution in [-0.4, -0.2) is 31.7 Å². The van der Waals surface area contributed by atoms with Crippen molar-refractivity contribution in [2.45, 2.75) is 16.1 Å². The lowest BCUT2D eigenvalue weighted by molar-refractivity contribution is 0.386. The van der Waals surface area contributed by atoms with E-state index in [1.165, 1.54) is 0 Å². The Morgan fingerprint density at radius 2 is 1.11 bits per heavy atom. The molecule has 0 aliphatic carbocycles. The van der Waals surface area contributed by atoms with Gasteiger partial charge in [-0.15, -0.1) is 0 Å². The summed E-state index contributed by atoms with van der Waals surface area (Å²) in [5, 5.41) is 0. The molecule has 0 heterocycles. The van der Waals surface area contributed by atoms with Gasteiger partial charge in [-0.05, 0) is 0 Å². The highest BCUT2D eigenvalue weighted by Crippen LogP contribution is 2.63. The van der Waals surface area contributed by atoms with Crippen LogP contribution in [0.1, 0.15) is 0 Å². The number of halogens is 9. The van der Waals surface area contributed by atoms with Gasteiger partial charge in [0.2, 0.25) is 12.5 Å². The first kappa shape index (κ1) is 20.5. The molecule has 0 rings (SSSR count). The number of rotatable bonds is 4. The van der Waals surface area contributed by atoms with Crippen molar-refractivity contribution >= 4 is 115 Å². The van der Waals surface area contributed by atoms with E-state index < -0.39 is 26.2 Å². The van der Waals surface area contributed by atoms with Crippen LogP contribution < -0.4 is 0 Å². The predicted molar refractivity (Wildman–Crippen MR) is 79.5 cm³/mol. The summed E-state index contributed by atoms with van der Waals surface area (Å²) in [6, 6.07) is 0. The fraction of sp³-hybridized carbons (Fsp3) is 1.00. The molecule has 0 saturated heterocycles. The maximum atomic E-state index is 11.5. The summed E-state index contributed by atoms with van der Waals surface area (Å²) < 4.78 is 16.1. The summed E-state index contributed by atoms with van der Waals surface area (Å²) in [7, 11) is -3.91. The summed E-state index contributed by atoms with van der Waals surface area (Å²) in [5.74, 6) is 0. The second kappa shape index (κ2) is 5.96. The maximum Gasteiger partial charge on any atom is 0.304 e. The molecule has 3 nitrogen and oxygen atoms in total. The summed E-state index contributed by atoms with van der Waals surface area (Å²) in [6.07, 6.45) is 0. The van der Waals surface area contributed by atoms with Gasteiger partial charge in [0.15, 0.2) is 0 Å². The van der Waals surface area contributed by atoms with Gasteiger partial charge in [-0.25, -0.2) is 0 Å². The molecule has 0 atom stereocenters. The standard InChI is InChI=1S/C5H3Cl9O3S/c1-17-18(15,16)5(13,14)3(8,9)2(6,7)4(10,11)12/h1H3. The van der Waals surface area contributed by atoms with E-state index in [-0.39, 0.29) is 0 Å². The van der Waals surface area contributed by atoms with Crippen LogP contribution in [0, 0.1) is 0 Å². The minimum Gasteiger partial charge on any atom is -0.271 e. The highest BCUT2D eigenvalue weighted by molar-refractivity contribution is 7.91. The molecule has 0 saturated carbocycles. The molecule has 0 aliphatic rings. The van der Waals surface area contributed by atoms with Gasteiger partial charge in [0.25, 0.3) is 3.67 Å². The third kappa shape index (κ3) is 3.30. The third-order valence-electron chi connectivity index (χ3n) is 1.65. The molecule has 0 N–H and O–H groups in total. The van der Waals surface area contributed by atoms with Crippen LogP contribution in [0.2, 0.25) is 0 Å². The van der Waals surface area contributed by atoms with Crippen LogP contribution in [-0.2, 0) is 14.3 Å².